The van der Waals surface area contributed by atoms with Gasteiger partial charge in [-0.15, -0.1) is 0 Å². The molecular formula is C12H30O6Si4. The molecule has 0 heterocycles. The van der Waals surface area contributed by atoms with Gasteiger partial charge in [0, 0.05) is 42.7 Å². The van der Waals surface area contributed by atoms with E-state index >= 15 is 0 Å². The molecule has 0 aromatic heterocycles. The molecule has 0 aromatic carbocycles. The van der Waals surface area contributed by atoms with Gasteiger partial charge in [-0.2, -0.15) is 0 Å². The van der Waals surface area contributed by atoms with E-state index in [4.69, 9.17) is 26.6 Å². The van der Waals surface area contributed by atoms with Gasteiger partial charge in [-0.1, -0.05) is 20.8 Å². The molecule has 0 aliphatic carbocycles. The Morgan fingerprint density at radius 2 is 0.636 bits per heavy atom. The van der Waals surface area contributed by atoms with Crippen molar-refractivity contribution in [3.05, 3.63) is 0 Å². The van der Waals surface area contributed by atoms with E-state index < -0.39 is 36.6 Å². The van der Waals surface area contributed by atoms with Gasteiger partial charge >= 0.3 is 27.9 Å². The molecule has 0 bridgehead atoms. The molecule has 0 aromatic rings. The highest BCUT2D eigenvalue weighted by molar-refractivity contribution is 6.89. The molecule has 0 spiro atoms. The Bertz CT molecular complexity index is 234. The van der Waals surface area contributed by atoms with Gasteiger partial charge in [0.05, 0.1) is 8.80 Å². The molecule has 0 rings (SSSR count). The van der Waals surface area contributed by atoms with Crippen molar-refractivity contribution >= 4 is 36.6 Å². The van der Waals surface area contributed by atoms with Crippen molar-refractivity contribution < 1.29 is 26.6 Å². The van der Waals surface area contributed by atoms with Crippen LogP contribution in [0.25, 0.3) is 0 Å². The fourth-order valence-electron chi connectivity index (χ4n) is 2.84. The highest BCUT2D eigenvalue weighted by Crippen LogP contribution is 2.36. The molecule has 4 radical (unpaired) electrons. The Morgan fingerprint density at radius 3 is 0.773 bits per heavy atom. The maximum Gasteiger partial charge on any atom is 0.383 e. The average Bonchev–Trinajstić information content (AvgIpc) is 2.51. The van der Waals surface area contributed by atoms with Crippen LogP contribution in [0, 0.1) is 0 Å². The summed E-state index contributed by atoms with van der Waals surface area (Å²) in [6, 6.07) is 0. The van der Waals surface area contributed by atoms with Crippen molar-refractivity contribution in [2.45, 2.75) is 36.3 Å². The van der Waals surface area contributed by atoms with Gasteiger partial charge < -0.3 is 26.6 Å². The van der Waals surface area contributed by atoms with Crippen molar-refractivity contribution in [1.29, 1.82) is 0 Å². The van der Waals surface area contributed by atoms with E-state index in [0.29, 0.717) is 15.5 Å². The summed E-state index contributed by atoms with van der Waals surface area (Å²) in [6.45, 7) is 6.66. The average molecular weight is 383 g/mol. The zero-order chi connectivity index (χ0) is 17.3. The molecule has 10 heteroatoms. The predicted octanol–water partition coefficient (Wildman–Crippen LogP) is 1.61. The molecule has 130 valence electrons. The minimum atomic E-state index is -1.33. The first-order valence-corrected chi connectivity index (χ1v) is 13.1. The molecule has 0 fully saturated rings. The van der Waals surface area contributed by atoms with Crippen LogP contribution < -0.4 is 0 Å². The number of hydrogen-bond donors (Lipinski definition) is 0. The van der Waals surface area contributed by atoms with E-state index in [2.05, 4.69) is 20.8 Å². The maximum atomic E-state index is 5.60. The van der Waals surface area contributed by atoms with Crippen LogP contribution in [-0.2, 0) is 26.6 Å². The number of hydrogen-bond acceptors (Lipinski definition) is 6. The second-order valence-electron chi connectivity index (χ2n) is 4.85. The normalized spacial score (nSPS) is 16.8. The second kappa shape index (κ2) is 12.1. The van der Waals surface area contributed by atoms with E-state index in [1.54, 1.807) is 42.7 Å². The third-order valence-corrected chi connectivity index (χ3v) is 16.4. The van der Waals surface area contributed by atoms with Crippen molar-refractivity contribution in [1.82, 2.24) is 0 Å². The van der Waals surface area contributed by atoms with Gasteiger partial charge in [-0.25, -0.2) is 0 Å². The standard InChI is InChI=1S/C12H30O6Si4/c1-10(20(13-4)14-5)19(11(2)21(15-6)16-7)12(3)22(17-8)18-9/h10-12H,1-9H3. The predicted molar refractivity (Wildman–Crippen MR) is 93.3 cm³/mol. The van der Waals surface area contributed by atoms with Gasteiger partial charge in [0.15, 0.2) is 0 Å². The lowest BCUT2D eigenvalue weighted by molar-refractivity contribution is 0.267. The Balaban J connectivity index is 5.45. The molecule has 0 saturated heterocycles. The zero-order valence-corrected chi connectivity index (χ0v) is 19.2. The van der Waals surface area contributed by atoms with E-state index in [1.165, 1.54) is 0 Å². The molecule has 0 amide bonds. The van der Waals surface area contributed by atoms with Crippen LogP contribution in [0.4, 0.5) is 0 Å². The quantitative estimate of drug-likeness (QED) is 0.478. The smallest absolute Gasteiger partial charge is 0.383 e. The van der Waals surface area contributed by atoms with E-state index in [9.17, 15) is 0 Å². The van der Waals surface area contributed by atoms with Gasteiger partial charge in [-0.3, -0.25) is 0 Å². The fourth-order valence-corrected chi connectivity index (χ4v) is 19.1. The Hall–Kier alpha value is 0.628. The molecule has 0 N–H and O–H groups in total. The molecule has 0 aliphatic rings. The molecule has 3 atom stereocenters. The minimum absolute atomic E-state index is 0.352. The third-order valence-electron chi connectivity index (χ3n) is 3.77. The van der Waals surface area contributed by atoms with Crippen LogP contribution in [0.1, 0.15) is 20.8 Å². The molecule has 22 heavy (non-hydrogen) atoms. The van der Waals surface area contributed by atoms with Crippen LogP contribution in [0.2, 0.25) is 15.5 Å². The lowest BCUT2D eigenvalue weighted by Crippen LogP contribution is -2.49. The summed E-state index contributed by atoms with van der Waals surface area (Å²) < 4.78 is 33.6. The summed E-state index contributed by atoms with van der Waals surface area (Å²) in [5.74, 6) is 0. The Kier molecular flexibility index (Phi) is 12.4. The monoisotopic (exact) mass is 382 g/mol. The first-order valence-electron chi connectivity index (χ1n) is 7.14. The maximum absolute atomic E-state index is 5.60. The summed E-state index contributed by atoms with van der Waals surface area (Å²) in [7, 11) is 5.38. The van der Waals surface area contributed by atoms with Crippen LogP contribution in [-0.4, -0.2) is 79.3 Å². The minimum Gasteiger partial charge on any atom is -0.397 e. The van der Waals surface area contributed by atoms with Gasteiger partial charge in [-0.05, 0) is 15.5 Å². The molecule has 3 unspecified atom stereocenters. The van der Waals surface area contributed by atoms with E-state index in [0.717, 1.165) is 0 Å². The fraction of sp³-hybridized carbons (Fsp3) is 1.00. The van der Waals surface area contributed by atoms with Crippen molar-refractivity contribution in [2.75, 3.05) is 42.7 Å². The summed E-state index contributed by atoms with van der Waals surface area (Å²) in [4.78, 5) is 0. The second-order valence-corrected chi connectivity index (χ2v) is 17.1. The lowest BCUT2D eigenvalue weighted by atomic mass is 10.9. The molecule has 0 aliphatic heterocycles. The Labute approximate surface area is 142 Å². The highest BCUT2D eigenvalue weighted by atomic mass is 28.4. The summed E-state index contributed by atoms with van der Waals surface area (Å²) in [5.41, 5.74) is 0. The van der Waals surface area contributed by atoms with Crippen LogP contribution in [0.5, 0.6) is 0 Å². The van der Waals surface area contributed by atoms with Crippen molar-refractivity contribution in [3.63, 3.8) is 0 Å². The van der Waals surface area contributed by atoms with Crippen molar-refractivity contribution in [3.8, 4) is 0 Å². The van der Waals surface area contributed by atoms with E-state index in [1.807, 2.05) is 0 Å². The van der Waals surface area contributed by atoms with Gasteiger partial charge in [0.2, 0.25) is 0 Å². The SMILES string of the molecule is CO[Si](OC)C(C)[Si](C(C)[Si](OC)OC)C(C)[Si](OC)OC. The molecular weight excluding hydrogens is 352 g/mol. The number of rotatable bonds is 12. The lowest BCUT2D eigenvalue weighted by Gasteiger charge is -2.36. The van der Waals surface area contributed by atoms with Crippen LogP contribution in [0.3, 0.4) is 0 Å². The largest absolute Gasteiger partial charge is 0.397 e. The van der Waals surface area contributed by atoms with Crippen LogP contribution >= 0.6 is 0 Å². The van der Waals surface area contributed by atoms with Crippen LogP contribution in [0.15, 0.2) is 0 Å². The molecule has 6 nitrogen and oxygen atoms in total. The summed E-state index contributed by atoms with van der Waals surface area (Å²) in [5, 5.41) is 1.06. The zero-order valence-electron chi connectivity index (χ0n) is 15.2. The van der Waals surface area contributed by atoms with Crippen molar-refractivity contribution in [2.24, 2.45) is 0 Å². The molecule has 0 saturated carbocycles. The topological polar surface area (TPSA) is 55.4 Å². The van der Waals surface area contributed by atoms with Gasteiger partial charge in [0.1, 0.15) is 0 Å². The Morgan fingerprint density at radius 1 is 0.455 bits per heavy atom. The highest BCUT2D eigenvalue weighted by Gasteiger charge is 2.46. The summed E-state index contributed by atoms with van der Waals surface area (Å²) in [6.07, 6.45) is 0. The first kappa shape index (κ1) is 22.6. The summed E-state index contributed by atoms with van der Waals surface area (Å²) >= 11 is 0. The third kappa shape index (κ3) is 5.92. The van der Waals surface area contributed by atoms with Gasteiger partial charge in [0.25, 0.3) is 0 Å². The van der Waals surface area contributed by atoms with E-state index in [-0.39, 0.29) is 0 Å². The first-order chi connectivity index (χ1) is 10.4.